The molecule has 0 fully saturated rings. The zero-order valence-corrected chi connectivity index (χ0v) is 10.3. The van der Waals surface area contributed by atoms with Crippen LogP contribution < -0.4 is 11.1 Å². The standard InChI is InChI=1S/C9H11N5S2/c1-15-9-13-7(10)2-8(14-9)12-4-6-3-11-5-16-6/h2-3,5H,4H2,1H3,(H3,10,12,13,14). The maximum Gasteiger partial charge on any atom is 0.191 e. The van der Waals surface area contributed by atoms with Gasteiger partial charge in [-0.2, -0.15) is 0 Å². The van der Waals surface area contributed by atoms with Gasteiger partial charge in [-0.05, 0) is 6.26 Å². The van der Waals surface area contributed by atoms with Crippen LogP contribution in [0.1, 0.15) is 4.88 Å². The highest BCUT2D eigenvalue weighted by Gasteiger charge is 2.02. The lowest BCUT2D eigenvalue weighted by molar-refractivity contribution is 0.966. The summed E-state index contributed by atoms with van der Waals surface area (Å²) in [7, 11) is 0. The van der Waals surface area contributed by atoms with Gasteiger partial charge in [0, 0.05) is 17.1 Å². The van der Waals surface area contributed by atoms with Gasteiger partial charge in [0.1, 0.15) is 11.6 Å². The summed E-state index contributed by atoms with van der Waals surface area (Å²) >= 11 is 3.07. The van der Waals surface area contributed by atoms with Gasteiger partial charge in [0.05, 0.1) is 12.1 Å². The molecule has 0 atom stereocenters. The van der Waals surface area contributed by atoms with Crippen molar-refractivity contribution in [2.75, 3.05) is 17.3 Å². The Labute approximate surface area is 102 Å². The molecule has 2 aromatic rings. The molecule has 0 spiro atoms. The zero-order chi connectivity index (χ0) is 11.4. The third-order valence-electron chi connectivity index (χ3n) is 1.84. The molecular weight excluding hydrogens is 242 g/mol. The summed E-state index contributed by atoms with van der Waals surface area (Å²) in [6.45, 7) is 0.703. The Bertz CT molecular complexity index is 457. The van der Waals surface area contributed by atoms with Crippen molar-refractivity contribution in [1.82, 2.24) is 15.0 Å². The SMILES string of the molecule is CSc1nc(N)cc(NCc2cncs2)n1. The monoisotopic (exact) mass is 253 g/mol. The number of thiazole rings is 1. The fraction of sp³-hybridized carbons (Fsp3) is 0.222. The molecule has 0 aromatic carbocycles. The summed E-state index contributed by atoms with van der Waals surface area (Å²) < 4.78 is 0. The predicted octanol–water partition coefficient (Wildman–Crippen LogP) is 1.85. The van der Waals surface area contributed by atoms with Crippen molar-refractivity contribution in [3.05, 3.63) is 22.7 Å². The van der Waals surface area contributed by atoms with E-state index >= 15 is 0 Å². The van der Waals surface area contributed by atoms with Gasteiger partial charge >= 0.3 is 0 Å². The first-order chi connectivity index (χ1) is 7.78. The van der Waals surface area contributed by atoms with Crippen LogP contribution in [0.4, 0.5) is 11.6 Å². The van der Waals surface area contributed by atoms with Crippen LogP contribution in [0.5, 0.6) is 0 Å². The molecule has 16 heavy (non-hydrogen) atoms. The number of aromatic nitrogens is 3. The second-order valence-corrected chi connectivity index (χ2v) is 4.73. The van der Waals surface area contributed by atoms with E-state index in [0.29, 0.717) is 17.5 Å². The van der Waals surface area contributed by atoms with Gasteiger partial charge in [0.25, 0.3) is 0 Å². The molecule has 3 N–H and O–H groups in total. The average molecular weight is 253 g/mol. The topological polar surface area (TPSA) is 76.7 Å². The Morgan fingerprint density at radius 1 is 1.50 bits per heavy atom. The largest absolute Gasteiger partial charge is 0.383 e. The molecule has 0 aliphatic rings. The van der Waals surface area contributed by atoms with E-state index in [9.17, 15) is 0 Å². The number of anilines is 2. The number of nitrogens with zero attached hydrogens (tertiary/aromatic N) is 3. The van der Waals surface area contributed by atoms with Crippen molar-refractivity contribution in [2.45, 2.75) is 11.7 Å². The van der Waals surface area contributed by atoms with Crippen LogP contribution in [0.3, 0.4) is 0 Å². The Morgan fingerprint density at radius 3 is 3.06 bits per heavy atom. The molecule has 0 saturated carbocycles. The molecule has 0 radical (unpaired) electrons. The van der Waals surface area contributed by atoms with Gasteiger partial charge in [0.2, 0.25) is 0 Å². The van der Waals surface area contributed by atoms with Crippen LogP contribution in [0.2, 0.25) is 0 Å². The Morgan fingerprint density at radius 2 is 2.38 bits per heavy atom. The van der Waals surface area contributed by atoms with E-state index in [1.807, 2.05) is 12.5 Å². The van der Waals surface area contributed by atoms with Gasteiger partial charge in [-0.15, -0.1) is 11.3 Å². The quantitative estimate of drug-likeness (QED) is 0.639. The van der Waals surface area contributed by atoms with Gasteiger partial charge in [0.15, 0.2) is 5.16 Å². The van der Waals surface area contributed by atoms with Crippen LogP contribution in [0.15, 0.2) is 22.9 Å². The highest BCUT2D eigenvalue weighted by Crippen LogP contribution is 2.16. The smallest absolute Gasteiger partial charge is 0.191 e. The average Bonchev–Trinajstić information content (AvgIpc) is 2.78. The summed E-state index contributed by atoms with van der Waals surface area (Å²) in [4.78, 5) is 13.5. The van der Waals surface area contributed by atoms with Crippen molar-refractivity contribution < 1.29 is 0 Å². The van der Waals surface area contributed by atoms with Crippen LogP contribution in [0, 0.1) is 0 Å². The number of nitrogen functional groups attached to an aromatic ring is 1. The summed E-state index contributed by atoms with van der Waals surface area (Å²) in [5, 5.41) is 3.86. The molecule has 0 amide bonds. The van der Waals surface area contributed by atoms with E-state index < -0.39 is 0 Å². The van der Waals surface area contributed by atoms with Crippen LogP contribution in [0.25, 0.3) is 0 Å². The molecule has 84 valence electrons. The highest BCUT2D eigenvalue weighted by atomic mass is 32.2. The van der Waals surface area contributed by atoms with Crippen LogP contribution >= 0.6 is 23.1 Å². The number of hydrogen-bond donors (Lipinski definition) is 2. The zero-order valence-electron chi connectivity index (χ0n) is 8.67. The second-order valence-electron chi connectivity index (χ2n) is 2.99. The molecule has 2 rings (SSSR count). The van der Waals surface area contributed by atoms with Gasteiger partial charge < -0.3 is 11.1 Å². The maximum absolute atomic E-state index is 5.67. The maximum atomic E-state index is 5.67. The van der Waals surface area contributed by atoms with Crippen molar-refractivity contribution >= 4 is 34.7 Å². The summed E-state index contributed by atoms with van der Waals surface area (Å²) in [5.74, 6) is 1.22. The normalized spacial score (nSPS) is 10.3. The molecule has 5 nitrogen and oxygen atoms in total. The number of hydrogen-bond acceptors (Lipinski definition) is 7. The summed E-state index contributed by atoms with van der Waals surface area (Å²) in [6, 6.07) is 1.72. The molecule has 0 aliphatic carbocycles. The third-order valence-corrected chi connectivity index (χ3v) is 3.16. The van der Waals surface area contributed by atoms with Gasteiger partial charge in [-0.3, -0.25) is 4.98 Å². The van der Waals surface area contributed by atoms with Crippen LogP contribution in [-0.4, -0.2) is 21.2 Å². The molecule has 0 saturated heterocycles. The van der Waals surface area contributed by atoms with Crippen LogP contribution in [-0.2, 0) is 6.54 Å². The third kappa shape index (κ3) is 2.83. The Balaban J connectivity index is 2.06. The molecule has 0 unspecified atom stereocenters. The Hall–Kier alpha value is -1.34. The minimum atomic E-state index is 0.478. The number of nitrogens with two attached hydrogens (primary N) is 1. The first kappa shape index (κ1) is 11.2. The van der Waals surface area contributed by atoms with E-state index in [1.54, 1.807) is 22.9 Å². The second kappa shape index (κ2) is 5.13. The van der Waals surface area contributed by atoms with E-state index in [-0.39, 0.29) is 0 Å². The van der Waals surface area contributed by atoms with Crippen molar-refractivity contribution in [3.8, 4) is 0 Å². The highest BCUT2D eigenvalue weighted by molar-refractivity contribution is 7.98. The number of thioether (sulfide) groups is 1. The molecule has 2 aromatic heterocycles. The molecule has 0 bridgehead atoms. The lowest BCUT2D eigenvalue weighted by Crippen LogP contribution is -2.03. The predicted molar refractivity (Wildman–Crippen MR) is 67.7 cm³/mol. The lowest BCUT2D eigenvalue weighted by atomic mass is 10.5. The fourth-order valence-electron chi connectivity index (χ4n) is 1.13. The van der Waals surface area contributed by atoms with Crippen molar-refractivity contribution in [1.29, 1.82) is 0 Å². The minimum Gasteiger partial charge on any atom is -0.383 e. The van der Waals surface area contributed by atoms with E-state index in [1.165, 1.54) is 11.8 Å². The Kier molecular flexibility index (Phi) is 3.58. The molecule has 0 aliphatic heterocycles. The lowest BCUT2D eigenvalue weighted by Gasteiger charge is -2.05. The van der Waals surface area contributed by atoms with E-state index in [4.69, 9.17) is 5.73 Å². The molecule has 7 heteroatoms. The summed E-state index contributed by atoms with van der Waals surface area (Å²) in [5.41, 5.74) is 7.47. The van der Waals surface area contributed by atoms with E-state index in [0.717, 1.165) is 10.7 Å². The van der Waals surface area contributed by atoms with Crippen molar-refractivity contribution in [3.63, 3.8) is 0 Å². The van der Waals surface area contributed by atoms with Gasteiger partial charge in [-0.1, -0.05) is 11.8 Å². The first-order valence-electron chi connectivity index (χ1n) is 4.57. The first-order valence-corrected chi connectivity index (χ1v) is 6.68. The molecule has 2 heterocycles. The molecular formula is C9H11N5S2. The van der Waals surface area contributed by atoms with Gasteiger partial charge in [-0.25, -0.2) is 9.97 Å². The minimum absolute atomic E-state index is 0.478. The van der Waals surface area contributed by atoms with E-state index in [2.05, 4.69) is 20.3 Å². The number of nitrogens with one attached hydrogen (secondary N) is 1. The van der Waals surface area contributed by atoms with Crippen molar-refractivity contribution in [2.24, 2.45) is 0 Å². The summed E-state index contributed by atoms with van der Waals surface area (Å²) in [6.07, 6.45) is 3.75. The number of rotatable bonds is 4. The fourth-order valence-corrected chi connectivity index (χ4v) is 2.05.